The number of aryl methyl sites for hydroxylation is 1. The summed E-state index contributed by atoms with van der Waals surface area (Å²) in [5, 5.41) is 12.5. The van der Waals surface area contributed by atoms with Gasteiger partial charge in [0.15, 0.2) is 5.78 Å². The van der Waals surface area contributed by atoms with E-state index in [2.05, 4.69) is 35.9 Å². The molecular weight excluding hydrogens is 422 g/mol. The second-order valence-corrected chi connectivity index (χ2v) is 8.02. The SMILES string of the molecule is Cc1cc(C(=O)Cn2nnc(-c3ccc(Br)cc3)n2)c(C)n1C[C@@H]1CCCO1. The summed E-state index contributed by atoms with van der Waals surface area (Å²) in [5.74, 6) is 0.482. The third kappa shape index (κ3) is 3.93. The van der Waals surface area contributed by atoms with Gasteiger partial charge in [0.25, 0.3) is 0 Å². The van der Waals surface area contributed by atoms with Crippen LogP contribution in [0.2, 0.25) is 0 Å². The topological polar surface area (TPSA) is 74.8 Å². The van der Waals surface area contributed by atoms with Gasteiger partial charge in [-0.15, -0.1) is 10.2 Å². The zero-order valence-corrected chi connectivity index (χ0v) is 17.5. The number of hydrogen-bond donors (Lipinski definition) is 0. The van der Waals surface area contributed by atoms with Crippen molar-refractivity contribution in [2.24, 2.45) is 0 Å². The molecule has 146 valence electrons. The number of aromatic nitrogens is 5. The first-order valence-electron chi connectivity index (χ1n) is 9.36. The van der Waals surface area contributed by atoms with Crippen LogP contribution in [0.3, 0.4) is 0 Å². The molecule has 3 heterocycles. The molecule has 1 saturated heterocycles. The quantitative estimate of drug-likeness (QED) is 0.544. The van der Waals surface area contributed by atoms with Gasteiger partial charge in [-0.3, -0.25) is 4.79 Å². The predicted molar refractivity (Wildman–Crippen MR) is 108 cm³/mol. The zero-order chi connectivity index (χ0) is 19.7. The third-order valence-electron chi connectivity index (χ3n) is 5.12. The number of ketones is 1. The number of rotatable bonds is 6. The van der Waals surface area contributed by atoms with Crippen molar-refractivity contribution in [3.63, 3.8) is 0 Å². The van der Waals surface area contributed by atoms with E-state index in [9.17, 15) is 4.79 Å². The van der Waals surface area contributed by atoms with Crippen LogP contribution >= 0.6 is 15.9 Å². The molecule has 0 N–H and O–H groups in total. The van der Waals surface area contributed by atoms with Crippen LogP contribution in [0.1, 0.15) is 34.6 Å². The fourth-order valence-electron chi connectivity index (χ4n) is 3.59. The summed E-state index contributed by atoms with van der Waals surface area (Å²) in [6.07, 6.45) is 2.41. The summed E-state index contributed by atoms with van der Waals surface area (Å²) in [7, 11) is 0. The van der Waals surface area contributed by atoms with Crippen molar-refractivity contribution in [1.29, 1.82) is 0 Å². The van der Waals surface area contributed by atoms with Crippen LogP contribution in [0.15, 0.2) is 34.8 Å². The van der Waals surface area contributed by atoms with E-state index in [1.807, 2.05) is 44.2 Å². The Bertz CT molecular complexity index is 987. The van der Waals surface area contributed by atoms with Gasteiger partial charge in [-0.1, -0.05) is 15.9 Å². The largest absolute Gasteiger partial charge is 0.376 e. The summed E-state index contributed by atoms with van der Waals surface area (Å²) in [5.41, 5.74) is 3.60. The number of Topliss-reactive ketones (excluding diaryl/α,β-unsaturated/α-hetero) is 1. The highest BCUT2D eigenvalue weighted by Gasteiger charge is 2.21. The van der Waals surface area contributed by atoms with E-state index >= 15 is 0 Å². The lowest BCUT2D eigenvalue weighted by molar-refractivity contribution is 0.0943. The Labute approximate surface area is 171 Å². The molecular formula is C20H22BrN5O2. The van der Waals surface area contributed by atoms with Gasteiger partial charge in [-0.25, -0.2) is 0 Å². The molecule has 0 amide bonds. The lowest BCUT2D eigenvalue weighted by Gasteiger charge is -2.14. The number of benzene rings is 1. The van der Waals surface area contributed by atoms with Crippen LogP contribution in [0, 0.1) is 13.8 Å². The highest BCUT2D eigenvalue weighted by Crippen LogP contribution is 2.21. The van der Waals surface area contributed by atoms with Crippen molar-refractivity contribution in [2.75, 3.05) is 6.61 Å². The maximum Gasteiger partial charge on any atom is 0.204 e. The molecule has 28 heavy (non-hydrogen) atoms. The molecule has 1 aromatic carbocycles. The normalized spacial score (nSPS) is 16.6. The minimum absolute atomic E-state index is 0.0218. The molecule has 1 aliphatic rings. The van der Waals surface area contributed by atoms with Crippen molar-refractivity contribution in [3.8, 4) is 11.4 Å². The summed E-state index contributed by atoms with van der Waals surface area (Å²) >= 11 is 3.41. The first-order valence-corrected chi connectivity index (χ1v) is 10.2. The van der Waals surface area contributed by atoms with Gasteiger partial charge in [-0.2, -0.15) is 4.80 Å². The zero-order valence-electron chi connectivity index (χ0n) is 15.9. The fraction of sp³-hybridized carbons (Fsp3) is 0.400. The second kappa shape index (κ2) is 7.97. The predicted octanol–water partition coefficient (Wildman–Crippen LogP) is 3.58. The van der Waals surface area contributed by atoms with E-state index < -0.39 is 0 Å². The van der Waals surface area contributed by atoms with E-state index in [4.69, 9.17) is 4.74 Å². The Morgan fingerprint density at radius 1 is 1.29 bits per heavy atom. The molecule has 1 atom stereocenters. The number of nitrogens with zero attached hydrogens (tertiary/aromatic N) is 5. The summed E-state index contributed by atoms with van der Waals surface area (Å²) in [6, 6.07) is 9.60. The average Bonchev–Trinajstić information content (AvgIpc) is 3.40. The Hall–Kier alpha value is -2.32. The van der Waals surface area contributed by atoms with Crippen LogP contribution in [0.25, 0.3) is 11.4 Å². The first kappa shape index (κ1) is 19.0. The van der Waals surface area contributed by atoms with Crippen LogP contribution in [-0.2, 0) is 17.8 Å². The minimum atomic E-state index is -0.0218. The van der Waals surface area contributed by atoms with E-state index in [-0.39, 0.29) is 18.4 Å². The van der Waals surface area contributed by atoms with Crippen LogP contribution in [0.4, 0.5) is 0 Å². The number of ether oxygens (including phenoxy) is 1. The monoisotopic (exact) mass is 443 g/mol. The van der Waals surface area contributed by atoms with Crippen LogP contribution in [-0.4, -0.2) is 43.3 Å². The smallest absolute Gasteiger partial charge is 0.204 e. The van der Waals surface area contributed by atoms with Crippen LogP contribution in [0.5, 0.6) is 0 Å². The number of carbonyl (C=O) groups excluding carboxylic acids is 1. The lowest BCUT2D eigenvalue weighted by atomic mass is 10.1. The highest BCUT2D eigenvalue weighted by atomic mass is 79.9. The standard InChI is InChI=1S/C20H22BrN5O2/c1-13-10-18(14(2)25(13)11-17-4-3-9-28-17)19(27)12-26-23-20(22-24-26)15-5-7-16(21)8-6-15/h5-8,10,17H,3-4,9,11-12H2,1-2H3/t17-/m0/s1. The molecule has 0 radical (unpaired) electrons. The van der Waals surface area contributed by atoms with Gasteiger partial charge in [0.2, 0.25) is 5.82 Å². The molecule has 8 heteroatoms. The molecule has 1 fully saturated rings. The number of halogens is 1. The fourth-order valence-corrected chi connectivity index (χ4v) is 3.86. The van der Waals surface area contributed by atoms with E-state index in [1.54, 1.807) is 0 Å². The van der Waals surface area contributed by atoms with E-state index in [1.165, 1.54) is 4.80 Å². The van der Waals surface area contributed by atoms with Crippen molar-refractivity contribution in [2.45, 2.75) is 45.9 Å². The summed E-state index contributed by atoms with van der Waals surface area (Å²) < 4.78 is 8.90. The Kier molecular flexibility index (Phi) is 5.41. The highest BCUT2D eigenvalue weighted by molar-refractivity contribution is 9.10. The molecule has 3 aromatic rings. The first-order chi connectivity index (χ1) is 13.5. The number of tetrazole rings is 1. The van der Waals surface area contributed by atoms with Gasteiger partial charge in [0.1, 0.15) is 6.54 Å². The Morgan fingerprint density at radius 2 is 2.07 bits per heavy atom. The minimum Gasteiger partial charge on any atom is -0.376 e. The molecule has 0 aliphatic carbocycles. The van der Waals surface area contributed by atoms with E-state index in [0.29, 0.717) is 11.4 Å². The second-order valence-electron chi connectivity index (χ2n) is 7.10. The summed E-state index contributed by atoms with van der Waals surface area (Å²) in [4.78, 5) is 14.2. The van der Waals surface area contributed by atoms with E-state index in [0.717, 1.165) is 47.4 Å². The van der Waals surface area contributed by atoms with Crippen molar-refractivity contribution in [1.82, 2.24) is 24.8 Å². The Morgan fingerprint density at radius 3 is 2.79 bits per heavy atom. The third-order valence-corrected chi connectivity index (χ3v) is 5.65. The van der Waals surface area contributed by atoms with Crippen molar-refractivity contribution < 1.29 is 9.53 Å². The molecule has 2 aromatic heterocycles. The maximum absolute atomic E-state index is 12.8. The van der Waals surface area contributed by atoms with Gasteiger partial charge in [0, 0.05) is 40.1 Å². The Balaban J connectivity index is 1.49. The van der Waals surface area contributed by atoms with Crippen LogP contribution < -0.4 is 0 Å². The molecule has 0 saturated carbocycles. The maximum atomic E-state index is 12.8. The van der Waals surface area contributed by atoms with Gasteiger partial charge >= 0.3 is 0 Å². The number of carbonyl (C=O) groups is 1. The molecule has 7 nitrogen and oxygen atoms in total. The van der Waals surface area contributed by atoms with Gasteiger partial charge in [-0.05, 0) is 62.2 Å². The molecule has 4 rings (SSSR count). The van der Waals surface area contributed by atoms with Gasteiger partial charge < -0.3 is 9.30 Å². The molecule has 1 aliphatic heterocycles. The molecule has 0 unspecified atom stereocenters. The van der Waals surface area contributed by atoms with Crippen molar-refractivity contribution in [3.05, 3.63) is 51.8 Å². The average molecular weight is 444 g/mol. The van der Waals surface area contributed by atoms with Gasteiger partial charge in [0.05, 0.1) is 6.10 Å². The van der Waals surface area contributed by atoms with Crippen molar-refractivity contribution >= 4 is 21.7 Å². The number of hydrogen-bond acceptors (Lipinski definition) is 5. The summed E-state index contributed by atoms with van der Waals surface area (Å²) in [6.45, 7) is 5.69. The molecule has 0 spiro atoms. The lowest BCUT2D eigenvalue weighted by Crippen LogP contribution is -2.18. The molecule has 0 bridgehead atoms.